The van der Waals surface area contributed by atoms with Crippen LogP contribution in [0, 0.1) is 0 Å². The third kappa shape index (κ3) is 3.63. The molecule has 2 aliphatic rings. The molecule has 0 saturated carbocycles. The molecule has 2 aliphatic heterocycles. The number of nitrogens with one attached hydrogen (secondary N) is 2. The third-order valence-electron chi connectivity index (χ3n) is 3.23. The van der Waals surface area contributed by atoms with Gasteiger partial charge in [0.2, 0.25) is 11.8 Å². The minimum Gasteiger partial charge on any atom is -0.292 e. The number of allylic oxidation sites excluding steroid dienone is 2. The topological polar surface area (TPSA) is 92.3 Å². The Morgan fingerprint density at radius 3 is 1.45 bits per heavy atom. The first-order valence-electron chi connectivity index (χ1n) is 6.62. The number of imide groups is 2. The van der Waals surface area contributed by atoms with Gasteiger partial charge >= 0.3 is 0 Å². The van der Waals surface area contributed by atoms with E-state index in [1.54, 1.807) is 12.2 Å². The van der Waals surface area contributed by atoms with Gasteiger partial charge in [-0.3, -0.25) is 29.8 Å². The molecule has 6 nitrogen and oxygen atoms in total. The van der Waals surface area contributed by atoms with Crippen molar-refractivity contribution in [3.05, 3.63) is 23.3 Å². The number of hydrogen-bond acceptors (Lipinski definition) is 4. The van der Waals surface area contributed by atoms with Crippen molar-refractivity contribution in [3.63, 3.8) is 0 Å². The van der Waals surface area contributed by atoms with E-state index < -0.39 is 0 Å². The zero-order chi connectivity index (χ0) is 14.5. The van der Waals surface area contributed by atoms with Crippen molar-refractivity contribution >= 4 is 23.6 Å². The third-order valence-corrected chi connectivity index (χ3v) is 3.23. The van der Waals surface area contributed by atoms with Crippen molar-refractivity contribution in [3.8, 4) is 0 Å². The lowest BCUT2D eigenvalue weighted by molar-refractivity contribution is -0.125. The summed E-state index contributed by atoms with van der Waals surface area (Å²) in [6.45, 7) is 0. The fourth-order valence-electron chi connectivity index (χ4n) is 2.18. The van der Waals surface area contributed by atoms with Crippen LogP contribution in [0.3, 0.4) is 0 Å². The molecule has 4 amide bonds. The van der Waals surface area contributed by atoms with Gasteiger partial charge in [0.1, 0.15) is 0 Å². The van der Waals surface area contributed by atoms with E-state index in [1.807, 2.05) is 0 Å². The van der Waals surface area contributed by atoms with Gasteiger partial charge in [-0.15, -0.1) is 0 Å². The summed E-state index contributed by atoms with van der Waals surface area (Å²) in [5.74, 6) is -1.08. The lowest BCUT2D eigenvalue weighted by Gasteiger charge is -1.96. The van der Waals surface area contributed by atoms with Gasteiger partial charge < -0.3 is 0 Å². The van der Waals surface area contributed by atoms with Crippen LogP contribution >= 0.6 is 0 Å². The van der Waals surface area contributed by atoms with E-state index in [9.17, 15) is 19.2 Å². The molecule has 0 aliphatic carbocycles. The summed E-state index contributed by atoms with van der Waals surface area (Å²) in [5.41, 5.74) is 1.07. The summed E-state index contributed by atoms with van der Waals surface area (Å²) in [7, 11) is 0. The zero-order valence-corrected chi connectivity index (χ0v) is 11.0. The van der Waals surface area contributed by atoms with Crippen LogP contribution < -0.4 is 10.6 Å². The normalized spacial score (nSPS) is 22.8. The summed E-state index contributed by atoms with van der Waals surface area (Å²) >= 11 is 0. The Morgan fingerprint density at radius 1 is 0.750 bits per heavy atom. The molecule has 0 aromatic rings. The molecule has 0 radical (unpaired) electrons. The molecular weight excluding hydrogens is 260 g/mol. The molecule has 0 bridgehead atoms. The van der Waals surface area contributed by atoms with Gasteiger partial charge in [-0.05, 0) is 25.7 Å². The summed E-state index contributed by atoms with van der Waals surface area (Å²) in [4.78, 5) is 44.4. The summed E-state index contributed by atoms with van der Waals surface area (Å²) in [6.07, 6.45) is 7.11. The number of amides is 4. The Labute approximate surface area is 116 Å². The van der Waals surface area contributed by atoms with Crippen molar-refractivity contribution in [1.29, 1.82) is 0 Å². The zero-order valence-electron chi connectivity index (χ0n) is 11.0. The predicted molar refractivity (Wildman–Crippen MR) is 70.2 cm³/mol. The maximum atomic E-state index is 11.3. The van der Waals surface area contributed by atoms with Gasteiger partial charge in [0.05, 0.1) is 12.8 Å². The van der Waals surface area contributed by atoms with Crippen LogP contribution in [0.25, 0.3) is 0 Å². The summed E-state index contributed by atoms with van der Waals surface area (Å²) in [5, 5.41) is 4.47. The van der Waals surface area contributed by atoms with E-state index in [-0.39, 0.29) is 36.5 Å². The Kier molecular flexibility index (Phi) is 4.45. The van der Waals surface area contributed by atoms with Gasteiger partial charge in [0, 0.05) is 11.1 Å². The highest BCUT2D eigenvalue weighted by molar-refractivity contribution is 6.13. The van der Waals surface area contributed by atoms with E-state index >= 15 is 0 Å². The fraction of sp³-hybridized carbons (Fsp3) is 0.429. The molecule has 2 N–H and O–H groups in total. The van der Waals surface area contributed by atoms with Crippen molar-refractivity contribution in [1.82, 2.24) is 10.6 Å². The van der Waals surface area contributed by atoms with Gasteiger partial charge in [-0.2, -0.15) is 0 Å². The predicted octanol–water partition coefficient (Wildman–Crippen LogP) is 0.493. The molecule has 0 aromatic heterocycles. The van der Waals surface area contributed by atoms with E-state index in [2.05, 4.69) is 10.6 Å². The van der Waals surface area contributed by atoms with Crippen LogP contribution in [0.15, 0.2) is 23.3 Å². The fourth-order valence-corrected chi connectivity index (χ4v) is 2.18. The summed E-state index contributed by atoms with van der Waals surface area (Å²) < 4.78 is 0. The first-order valence-corrected chi connectivity index (χ1v) is 6.62. The number of rotatable bonds is 5. The Bertz CT molecular complexity index is 483. The second kappa shape index (κ2) is 6.27. The van der Waals surface area contributed by atoms with Crippen LogP contribution in [-0.2, 0) is 19.2 Å². The highest BCUT2D eigenvalue weighted by Crippen LogP contribution is 2.14. The van der Waals surface area contributed by atoms with Crippen LogP contribution in [0.2, 0.25) is 0 Å². The maximum absolute atomic E-state index is 11.3. The minimum atomic E-state index is -0.293. The summed E-state index contributed by atoms with van der Waals surface area (Å²) in [6, 6.07) is 0. The lowest BCUT2D eigenvalue weighted by atomic mass is 10.1. The van der Waals surface area contributed by atoms with Crippen molar-refractivity contribution in [2.24, 2.45) is 0 Å². The molecule has 2 rings (SSSR count). The molecule has 2 fully saturated rings. The Morgan fingerprint density at radius 2 is 1.15 bits per heavy atom. The van der Waals surface area contributed by atoms with Crippen molar-refractivity contribution in [2.45, 2.75) is 38.5 Å². The average molecular weight is 276 g/mol. The second-order valence-corrected chi connectivity index (χ2v) is 4.85. The molecular formula is C14H16N2O4. The van der Waals surface area contributed by atoms with E-state index in [4.69, 9.17) is 0 Å². The molecule has 2 heterocycles. The van der Waals surface area contributed by atoms with Crippen molar-refractivity contribution in [2.75, 3.05) is 0 Å². The molecule has 0 unspecified atom stereocenters. The molecule has 106 valence electrons. The van der Waals surface area contributed by atoms with Crippen LogP contribution in [0.4, 0.5) is 0 Å². The highest BCUT2D eigenvalue weighted by Gasteiger charge is 2.23. The van der Waals surface area contributed by atoms with Crippen LogP contribution in [-0.4, -0.2) is 23.6 Å². The molecule has 20 heavy (non-hydrogen) atoms. The van der Waals surface area contributed by atoms with Gasteiger partial charge in [-0.25, -0.2) is 0 Å². The monoisotopic (exact) mass is 276 g/mol. The quantitative estimate of drug-likeness (QED) is 0.434. The van der Waals surface area contributed by atoms with Crippen LogP contribution in [0.5, 0.6) is 0 Å². The minimum absolute atomic E-state index is 0.172. The van der Waals surface area contributed by atoms with E-state index in [0.29, 0.717) is 11.1 Å². The molecule has 0 atom stereocenters. The number of carbonyl (C=O) groups excluding carboxylic acids is 4. The molecule has 0 aromatic carbocycles. The van der Waals surface area contributed by atoms with E-state index in [0.717, 1.165) is 25.7 Å². The maximum Gasteiger partial charge on any atom is 0.253 e. The number of carbonyl (C=O) groups is 4. The van der Waals surface area contributed by atoms with Gasteiger partial charge in [-0.1, -0.05) is 12.2 Å². The Hall–Kier alpha value is -2.24. The SMILES string of the molecule is O=C1CC(=CCCCCC=C2CC(=O)NC2=O)C(=O)N1. The lowest BCUT2D eigenvalue weighted by Crippen LogP contribution is -2.19. The standard InChI is InChI=1S/C14H16N2O4/c17-11-7-9(13(19)15-11)5-3-1-2-4-6-10-8-12(18)16-14(10)20/h5-6H,1-4,7-8H2,(H,15,17,19)(H,16,18,20). The Balaban J connectivity index is 1.67. The molecule has 2 saturated heterocycles. The van der Waals surface area contributed by atoms with Gasteiger partial charge in [0.25, 0.3) is 11.8 Å². The average Bonchev–Trinajstić information content (AvgIpc) is 2.86. The van der Waals surface area contributed by atoms with Crippen molar-refractivity contribution < 1.29 is 19.2 Å². The second-order valence-electron chi connectivity index (χ2n) is 4.85. The smallest absolute Gasteiger partial charge is 0.253 e. The molecule has 6 heteroatoms. The highest BCUT2D eigenvalue weighted by atomic mass is 16.2. The number of unbranched alkanes of at least 4 members (excludes halogenated alkanes) is 3. The first-order chi connectivity index (χ1) is 9.56. The van der Waals surface area contributed by atoms with Gasteiger partial charge in [0.15, 0.2) is 0 Å². The van der Waals surface area contributed by atoms with E-state index in [1.165, 1.54) is 0 Å². The first kappa shape index (κ1) is 14.2. The number of hydrogen-bond donors (Lipinski definition) is 2. The largest absolute Gasteiger partial charge is 0.292 e. The molecule has 0 spiro atoms. The van der Waals surface area contributed by atoms with Crippen LogP contribution in [0.1, 0.15) is 38.5 Å².